The number of nitrogens with zero attached hydrogens (tertiary/aromatic N) is 2. The number of hydrogen-bond donors (Lipinski definition) is 0. The van der Waals surface area contributed by atoms with Crippen LogP contribution >= 0.6 is 0 Å². The first kappa shape index (κ1) is 16.2. The maximum absolute atomic E-state index is 12.1. The van der Waals surface area contributed by atoms with Gasteiger partial charge in [-0.15, -0.1) is 0 Å². The van der Waals surface area contributed by atoms with Gasteiger partial charge in [-0.1, -0.05) is 12.1 Å². The molecule has 0 unspecified atom stereocenters. The molecule has 0 fully saturated rings. The van der Waals surface area contributed by atoms with Crippen molar-refractivity contribution in [3.8, 4) is 17.2 Å². The largest absolute Gasteiger partial charge is 0.465 e. The van der Waals surface area contributed by atoms with Crippen LogP contribution in [0.25, 0.3) is 5.69 Å². The van der Waals surface area contributed by atoms with Gasteiger partial charge in [0, 0.05) is 12.4 Å². The highest BCUT2D eigenvalue weighted by molar-refractivity contribution is 5.94. The Morgan fingerprint density at radius 3 is 2.69 bits per heavy atom. The number of carbonyl (C=O) groups excluding carboxylic acids is 1. The van der Waals surface area contributed by atoms with Gasteiger partial charge in [0.2, 0.25) is 6.79 Å². The fourth-order valence-corrected chi connectivity index (χ4v) is 3.10. The predicted octanol–water partition coefficient (Wildman–Crippen LogP) is 3.29. The number of hydrogen-bond acceptors (Lipinski definition) is 5. The van der Waals surface area contributed by atoms with Crippen molar-refractivity contribution in [2.45, 2.75) is 13.3 Å². The summed E-state index contributed by atoms with van der Waals surface area (Å²) in [4.78, 5) is 12.1. The van der Waals surface area contributed by atoms with E-state index in [1.807, 2.05) is 42.1 Å². The molecule has 0 N–H and O–H groups in total. The maximum Gasteiger partial charge on any atom is 0.341 e. The van der Waals surface area contributed by atoms with Crippen molar-refractivity contribution in [3.63, 3.8) is 0 Å². The van der Waals surface area contributed by atoms with Gasteiger partial charge in [-0.3, -0.25) is 0 Å². The van der Waals surface area contributed by atoms with E-state index in [0.717, 1.165) is 22.4 Å². The number of esters is 1. The van der Waals surface area contributed by atoms with Crippen LogP contribution in [-0.4, -0.2) is 29.7 Å². The number of ether oxygens (including phenoxy) is 3. The highest BCUT2D eigenvalue weighted by Gasteiger charge is 2.27. The molecular formula is C20H18N2O4. The van der Waals surface area contributed by atoms with Gasteiger partial charge in [0.1, 0.15) is 5.56 Å². The molecule has 3 aromatic rings. The lowest BCUT2D eigenvalue weighted by atomic mass is 9.96. The lowest BCUT2D eigenvalue weighted by Gasteiger charge is -2.12. The van der Waals surface area contributed by atoms with Crippen molar-refractivity contribution in [1.82, 2.24) is 9.78 Å². The number of rotatable bonds is 4. The minimum Gasteiger partial charge on any atom is -0.465 e. The smallest absolute Gasteiger partial charge is 0.341 e. The van der Waals surface area contributed by atoms with Gasteiger partial charge in [-0.25, -0.2) is 9.48 Å². The summed E-state index contributed by atoms with van der Waals surface area (Å²) >= 11 is 0. The van der Waals surface area contributed by atoms with Crippen molar-refractivity contribution >= 4 is 5.97 Å². The number of carbonyl (C=O) groups is 1. The Labute approximate surface area is 150 Å². The van der Waals surface area contributed by atoms with Crippen molar-refractivity contribution in [3.05, 3.63) is 71.0 Å². The summed E-state index contributed by atoms with van der Waals surface area (Å²) in [5, 5.41) is 4.23. The first-order valence-corrected chi connectivity index (χ1v) is 8.26. The van der Waals surface area contributed by atoms with Gasteiger partial charge in [0.25, 0.3) is 0 Å². The van der Waals surface area contributed by atoms with Gasteiger partial charge >= 0.3 is 5.97 Å². The molecule has 2 aromatic carbocycles. The molecule has 0 bridgehead atoms. The summed E-state index contributed by atoms with van der Waals surface area (Å²) in [5.41, 5.74) is 4.49. The van der Waals surface area contributed by atoms with Crippen LogP contribution < -0.4 is 9.47 Å². The molecule has 26 heavy (non-hydrogen) atoms. The van der Waals surface area contributed by atoms with Crippen molar-refractivity contribution < 1.29 is 19.0 Å². The van der Waals surface area contributed by atoms with Gasteiger partial charge in [-0.05, 0) is 54.3 Å². The Hall–Kier alpha value is -3.28. The topological polar surface area (TPSA) is 62.6 Å². The van der Waals surface area contributed by atoms with E-state index in [9.17, 15) is 4.79 Å². The second-order valence-corrected chi connectivity index (χ2v) is 6.06. The van der Waals surface area contributed by atoms with E-state index in [1.54, 1.807) is 6.20 Å². The number of fused-ring (bicyclic) bond motifs is 1. The average Bonchev–Trinajstić information content (AvgIpc) is 3.36. The van der Waals surface area contributed by atoms with Crippen LogP contribution in [0.4, 0.5) is 0 Å². The lowest BCUT2D eigenvalue weighted by Crippen LogP contribution is -2.05. The van der Waals surface area contributed by atoms with Crippen molar-refractivity contribution in [1.29, 1.82) is 0 Å². The van der Waals surface area contributed by atoms with Gasteiger partial charge in [0.15, 0.2) is 11.5 Å². The van der Waals surface area contributed by atoms with E-state index in [-0.39, 0.29) is 6.79 Å². The third-order valence-corrected chi connectivity index (χ3v) is 4.50. The SMILES string of the molecule is COC(=O)c1cc(Cc2ccc(-n3cccn3)cc2)c(C)c2c1OCO2. The molecule has 0 spiro atoms. The molecule has 1 aromatic heterocycles. The molecule has 1 aliphatic heterocycles. The molecule has 0 aliphatic carbocycles. The van der Waals surface area contributed by atoms with Crippen molar-refractivity contribution in [2.24, 2.45) is 0 Å². The van der Waals surface area contributed by atoms with E-state index in [0.29, 0.717) is 23.5 Å². The van der Waals surface area contributed by atoms with E-state index in [2.05, 4.69) is 17.2 Å². The Bertz CT molecular complexity index is 947. The number of aromatic nitrogens is 2. The fraction of sp³-hybridized carbons (Fsp3) is 0.200. The zero-order valence-corrected chi connectivity index (χ0v) is 14.6. The van der Waals surface area contributed by atoms with Gasteiger partial charge < -0.3 is 14.2 Å². The van der Waals surface area contributed by atoms with E-state index in [4.69, 9.17) is 14.2 Å². The zero-order valence-electron chi connectivity index (χ0n) is 14.6. The fourth-order valence-electron chi connectivity index (χ4n) is 3.10. The maximum atomic E-state index is 12.1. The lowest BCUT2D eigenvalue weighted by molar-refractivity contribution is 0.0596. The normalized spacial score (nSPS) is 12.2. The molecule has 4 rings (SSSR count). The Kier molecular flexibility index (Phi) is 4.08. The Balaban J connectivity index is 1.67. The number of methoxy groups -OCH3 is 1. The summed E-state index contributed by atoms with van der Waals surface area (Å²) < 4.78 is 17.7. The van der Waals surface area contributed by atoms with E-state index < -0.39 is 5.97 Å². The predicted molar refractivity (Wildman–Crippen MR) is 95.0 cm³/mol. The van der Waals surface area contributed by atoms with Crippen LogP contribution in [0.15, 0.2) is 48.8 Å². The minimum atomic E-state index is -0.429. The zero-order chi connectivity index (χ0) is 18.1. The summed E-state index contributed by atoms with van der Waals surface area (Å²) in [6.45, 7) is 2.09. The molecular weight excluding hydrogens is 332 g/mol. The second-order valence-electron chi connectivity index (χ2n) is 6.06. The third kappa shape index (κ3) is 2.79. The van der Waals surface area contributed by atoms with Crippen LogP contribution in [0.1, 0.15) is 27.0 Å². The van der Waals surface area contributed by atoms with Gasteiger partial charge in [0.05, 0.1) is 12.8 Å². The molecule has 6 heteroatoms. The summed E-state index contributed by atoms with van der Waals surface area (Å²) in [7, 11) is 1.36. The highest BCUT2D eigenvalue weighted by atomic mass is 16.7. The first-order chi connectivity index (χ1) is 12.7. The second kappa shape index (κ2) is 6.55. The molecule has 0 atom stereocenters. The molecule has 0 saturated heterocycles. The van der Waals surface area contributed by atoms with E-state index in [1.165, 1.54) is 7.11 Å². The summed E-state index contributed by atoms with van der Waals surface area (Å²) in [5.74, 6) is 0.658. The molecule has 2 heterocycles. The molecule has 6 nitrogen and oxygen atoms in total. The third-order valence-electron chi connectivity index (χ3n) is 4.50. The standard InChI is InChI=1S/C20H18N2O4/c1-13-15(11-17(20(23)24-2)19-18(13)25-12-26-19)10-14-4-6-16(7-5-14)22-9-3-8-21-22/h3-9,11H,10,12H2,1-2H3. The van der Waals surface area contributed by atoms with Crippen molar-refractivity contribution in [2.75, 3.05) is 13.9 Å². The summed E-state index contributed by atoms with van der Waals surface area (Å²) in [6, 6.07) is 11.9. The van der Waals surface area contributed by atoms with Crippen LogP contribution in [0, 0.1) is 6.92 Å². The molecule has 0 radical (unpaired) electrons. The molecule has 0 saturated carbocycles. The Morgan fingerprint density at radius 1 is 1.23 bits per heavy atom. The average molecular weight is 350 g/mol. The molecule has 0 amide bonds. The first-order valence-electron chi connectivity index (χ1n) is 8.26. The monoisotopic (exact) mass is 350 g/mol. The van der Waals surface area contributed by atoms with Crippen LogP contribution in [0.5, 0.6) is 11.5 Å². The molecule has 1 aliphatic rings. The highest BCUT2D eigenvalue weighted by Crippen LogP contribution is 2.41. The van der Waals surface area contributed by atoms with Crippen LogP contribution in [-0.2, 0) is 11.2 Å². The Morgan fingerprint density at radius 2 is 2.00 bits per heavy atom. The minimum absolute atomic E-state index is 0.113. The molecule has 132 valence electrons. The van der Waals surface area contributed by atoms with E-state index >= 15 is 0 Å². The summed E-state index contributed by atoms with van der Waals surface area (Å²) in [6.07, 6.45) is 4.32. The van der Waals surface area contributed by atoms with Crippen LogP contribution in [0.3, 0.4) is 0 Å². The van der Waals surface area contributed by atoms with Crippen LogP contribution in [0.2, 0.25) is 0 Å². The van der Waals surface area contributed by atoms with Gasteiger partial charge in [-0.2, -0.15) is 5.10 Å². The number of benzene rings is 2. The quantitative estimate of drug-likeness (QED) is 0.676.